The van der Waals surface area contributed by atoms with Gasteiger partial charge in [-0.25, -0.2) is 9.18 Å². The van der Waals surface area contributed by atoms with Gasteiger partial charge in [0.1, 0.15) is 6.61 Å². The average Bonchev–Trinajstić information content (AvgIpc) is 3.24. The number of hydrogen-bond donors (Lipinski definition) is 2. The lowest BCUT2D eigenvalue weighted by Gasteiger charge is -2.22. The number of nitrogens with zero attached hydrogens (tertiary/aromatic N) is 1. The van der Waals surface area contributed by atoms with E-state index in [0.29, 0.717) is 0 Å². The highest BCUT2D eigenvalue weighted by Crippen LogP contribution is 2.20. The van der Waals surface area contributed by atoms with E-state index in [0.717, 1.165) is 0 Å². The van der Waals surface area contributed by atoms with Crippen molar-refractivity contribution in [3.8, 4) is 5.75 Å². The minimum Gasteiger partial charge on any atom is -0.482 e. The number of aromatic nitrogens is 1. The number of amides is 1. The fourth-order valence-corrected chi connectivity index (χ4v) is 2.37. The minimum atomic E-state index is -1.47. The summed E-state index contributed by atoms with van der Waals surface area (Å²) in [6, 6.07) is 7.16. The van der Waals surface area contributed by atoms with Gasteiger partial charge in [0.2, 0.25) is 0 Å². The Morgan fingerprint density at radius 1 is 1.40 bits per heavy atom. The largest absolute Gasteiger partial charge is 0.482 e. The van der Waals surface area contributed by atoms with Gasteiger partial charge >= 0.3 is 5.97 Å². The fraction of sp³-hybridized carbons (Fsp3) is 0.312. The van der Waals surface area contributed by atoms with Crippen LogP contribution in [0.3, 0.4) is 0 Å². The fourth-order valence-electron chi connectivity index (χ4n) is 2.37. The van der Waals surface area contributed by atoms with E-state index in [1.54, 1.807) is 6.07 Å². The summed E-state index contributed by atoms with van der Waals surface area (Å²) in [7, 11) is 0. The van der Waals surface area contributed by atoms with Gasteiger partial charge < -0.3 is 24.4 Å². The number of rotatable bonds is 6. The number of halogens is 1. The molecule has 25 heavy (non-hydrogen) atoms. The SMILES string of the molecule is O=C(NC1(C(=O)O)CCOC1)c1cc(COc2ccccc2F)on1. The zero-order chi connectivity index (χ0) is 17.9. The van der Waals surface area contributed by atoms with Gasteiger partial charge in [-0.1, -0.05) is 17.3 Å². The molecule has 0 spiro atoms. The second-order valence-corrected chi connectivity index (χ2v) is 5.54. The van der Waals surface area contributed by atoms with Gasteiger partial charge in [-0.2, -0.15) is 0 Å². The molecule has 3 rings (SSSR count). The van der Waals surface area contributed by atoms with Crippen LogP contribution in [0.25, 0.3) is 0 Å². The maximum absolute atomic E-state index is 13.5. The second kappa shape index (κ2) is 6.89. The lowest BCUT2D eigenvalue weighted by Crippen LogP contribution is -2.55. The van der Waals surface area contributed by atoms with Crippen molar-refractivity contribution in [2.24, 2.45) is 0 Å². The van der Waals surface area contributed by atoms with Crippen LogP contribution in [0.2, 0.25) is 0 Å². The summed E-state index contributed by atoms with van der Waals surface area (Å²) in [5.74, 6) is -2.17. The number of carboxylic acids is 1. The summed E-state index contributed by atoms with van der Waals surface area (Å²) >= 11 is 0. The molecule has 1 amide bonds. The number of hydrogen-bond acceptors (Lipinski definition) is 6. The first-order valence-corrected chi connectivity index (χ1v) is 7.47. The third kappa shape index (κ3) is 3.61. The molecule has 1 aliphatic rings. The molecule has 2 heterocycles. The molecule has 1 saturated heterocycles. The van der Waals surface area contributed by atoms with E-state index in [4.69, 9.17) is 14.0 Å². The van der Waals surface area contributed by atoms with Crippen molar-refractivity contribution >= 4 is 11.9 Å². The normalized spacial score (nSPS) is 19.6. The van der Waals surface area contributed by atoms with Gasteiger partial charge in [-0.05, 0) is 12.1 Å². The summed E-state index contributed by atoms with van der Waals surface area (Å²) in [6.45, 7) is -0.00327. The molecule has 8 nitrogen and oxygen atoms in total. The Hall–Kier alpha value is -2.94. The van der Waals surface area contributed by atoms with E-state index in [2.05, 4.69) is 10.5 Å². The molecule has 1 aliphatic heterocycles. The van der Waals surface area contributed by atoms with E-state index in [1.807, 2.05) is 0 Å². The van der Waals surface area contributed by atoms with E-state index in [-0.39, 0.29) is 43.4 Å². The first-order chi connectivity index (χ1) is 12.0. The van der Waals surface area contributed by atoms with E-state index < -0.39 is 23.2 Å². The van der Waals surface area contributed by atoms with Gasteiger partial charge in [0, 0.05) is 19.1 Å². The van der Waals surface area contributed by atoms with E-state index >= 15 is 0 Å². The number of carbonyl (C=O) groups is 2. The van der Waals surface area contributed by atoms with Gasteiger partial charge in [-0.3, -0.25) is 4.79 Å². The Bertz CT molecular complexity index is 784. The van der Waals surface area contributed by atoms with Crippen LogP contribution < -0.4 is 10.1 Å². The highest BCUT2D eigenvalue weighted by Gasteiger charge is 2.44. The molecule has 0 radical (unpaired) electrons. The van der Waals surface area contributed by atoms with E-state index in [9.17, 15) is 19.1 Å². The lowest BCUT2D eigenvalue weighted by molar-refractivity contribution is -0.144. The Kier molecular flexibility index (Phi) is 4.66. The number of carbonyl (C=O) groups excluding carboxylic acids is 1. The first kappa shape index (κ1) is 16.9. The molecule has 1 fully saturated rings. The Morgan fingerprint density at radius 3 is 2.88 bits per heavy atom. The number of carboxylic acid groups (broad SMARTS) is 1. The van der Waals surface area contributed by atoms with Crippen LogP contribution in [0.5, 0.6) is 5.75 Å². The standard InChI is InChI=1S/C16H15FN2O6/c17-11-3-1-2-4-13(11)24-8-10-7-12(19-25-10)14(20)18-16(15(21)22)5-6-23-9-16/h1-4,7H,5-6,8-9H2,(H,18,20)(H,21,22). The number of aliphatic carboxylic acids is 1. The maximum atomic E-state index is 13.5. The third-order valence-corrected chi connectivity index (χ3v) is 3.78. The predicted molar refractivity (Wildman–Crippen MR) is 80.5 cm³/mol. The van der Waals surface area contributed by atoms with Crippen LogP contribution in [0.4, 0.5) is 4.39 Å². The van der Waals surface area contributed by atoms with Crippen LogP contribution >= 0.6 is 0 Å². The van der Waals surface area contributed by atoms with Crippen molar-refractivity contribution in [3.63, 3.8) is 0 Å². The van der Waals surface area contributed by atoms with Gasteiger partial charge in [0.15, 0.2) is 28.6 Å². The molecule has 132 valence electrons. The first-order valence-electron chi connectivity index (χ1n) is 7.47. The van der Waals surface area contributed by atoms with Crippen molar-refractivity contribution in [1.82, 2.24) is 10.5 Å². The molecule has 0 bridgehead atoms. The molecule has 1 aromatic carbocycles. The summed E-state index contributed by atoms with van der Waals surface area (Å²) in [5.41, 5.74) is -1.57. The molecule has 0 saturated carbocycles. The topological polar surface area (TPSA) is 111 Å². The lowest BCUT2D eigenvalue weighted by atomic mass is 9.99. The summed E-state index contributed by atoms with van der Waals surface area (Å²) in [4.78, 5) is 23.6. The minimum absolute atomic E-state index is 0.0397. The third-order valence-electron chi connectivity index (χ3n) is 3.78. The van der Waals surface area contributed by atoms with Crippen molar-refractivity contribution in [2.75, 3.05) is 13.2 Å². The van der Waals surface area contributed by atoms with Crippen LogP contribution in [0.15, 0.2) is 34.9 Å². The summed E-state index contributed by atoms with van der Waals surface area (Å²) in [5, 5.41) is 15.3. The van der Waals surface area contributed by atoms with Crippen molar-refractivity contribution < 1.29 is 33.1 Å². The van der Waals surface area contributed by atoms with Gasteiger partial charge in [-0.15, -0.1) is 0 Å². The number of ether oxygens (including phenoxy) is 2. The molecule has 1 aromatic heterocycles. The van der Waals surface area contributed by atoms with Gasteiger partial charge in [0.05, 0.1) is 6.61 Å². The Labute approximate surface area is 141 Å². The molecule has 1 atom stereocenters. The highest BCUT2D eigenvalue weighted by molar-refractivity contribution is 5.96. The Morgan fingerprint density at radius 2 is 2.20 bits per heavy atom. The Balaban J connectivity index is 1.64. The highest BCUT2D eigenvalue weighted by atomic mass is 19.1. The zero-order valence-corrected chi connectivity index (χ0v) is 13.0. The molecule has 0 aliphatic carbocycles. The monoisotopic (exact) mass is 350 g/mol. The quantitative estimate of drug-likeness (QED) is 0.809. The van der Waals surface area contributed by atoms with Crippen LogP contribution in [-0.4, -0.2) is 40.9 Å². The van der Waals surface area contributed by atoms with Crippen molar-refractivity contribution in [1.29, 1.82) is 0 Å². The van der Waals surface area contributed by atoms with Crippen LogP contribution in [0, 0.1) is 5.82 Å². The average molecular weight is 350 g/mol. The molecule has 9 heteroatoms. The molecule has 1 unspecified atom stereocenters. The summed E-state index contributed by atoms with van der Waals surface area (Å²) in [6.07, 6.45) is 0.162. The number of nitrogens with one attached hydrogen (secondary N) is 1. The maximum Gasteiger partial charge on any atom is 0.331 e. The van der Waals surface area contributed by atoms with Crippen molar-refractivity contribution in [3.05, 3.63) is 47.6 Å². The number of benzene rings is 1. The smallest absolute Gasteiger partial charge is 0.331 e. The van der Waals surface area contributed by atoms with Crippen molar-refractivity contribution in [2.45, 2.75) is 18.6 Å². The second-order valence-electron chi connectivity index (χ2n) is 5.54. The van der Waals surface area contributed by atoms with Crippen LogP contribution in [0.1, 0.15) is 22.7 Å². The van der Waals surface area contributed by atoms with Crippen LogP contribution in [-0.2, 0) is 16.1 Å². The predicted octanol–water partition coefficient (Wildman–Crippen LogP) is 1.37. The van der Waals surface area contributed by atoms with E-state index in [1.165, 1.54) is 24.3 Å². The number of para-hydroxylation sites is 1. The molecular weight excluding hydrogens is 335 g/mol. The molecule has 2 N–H and O–H groups in total. The molecule has 2 aromatic rings. The zero-order valence-electron chi connectivity index (χ0n) is 13.0. The van der Waals surface area contributed by atoms with Gasteiger partial charge in [0.25, 0.3) is 5.91 Å². The summed E-state index contributed by atoms with van der Waals surface area (Å²) < 4.78 is 28.8. The molecular formula is C16H15FN2O6.